The summed E-state index contributed by atoms with van der Waals surface area (Å²) in [5.41, 5.74) is 5.94. The zero-order chi connectivity index (χ0) is 21.3. The molecule has 1 aromatic rings. The van der Waals surface area contributed by atoms with Crippen LogP contribution < -0.4 is 5.73 Å². The third kappa shape index (κ3) is 4.95. The molecule has 2 fully saturated rings. The Morgan fingerprint density at radius 2 is 1.86 bits per heavy atom. The quantitative estimate of drug-likeness (QED) is 0.733. The summed E-state index contributed by atoms with van der Waals surface area (Å²) >= 11 is 5.92. The molecule has 1 amide bonds. The number of hydrogen-bond donors (Lipinski definition) is 1. The summed E-state index contributed by atoms with van der Waals surface area (Å²) in [7, 11) is -1.39. The highest BCUT2D eigenvalue weighted by atomic mass is 35.5. The lowest BCUT2D eigenvalue weighted by Crippen LogP contribution is -2.52. The summed E-state index contributed by atoms with van der Waals surface area (Å²) in [4.78, 5) is 17.0. The second-order valence-corrected chi connectivity index (χ2v) is 11.2. The van der Waals surface area contributed by atoms with Crippen LogP contribution in [0.5, 0.6) is 0 Å². The lowest BCUT2D eigenvalue weighted by molar-refractivity contribution is -0.132. The fraction of sp³-hybridized carbons (Fsp3) is 0.667. The number of likely N-dealkylation sites (tertiary alicyclic amines) is 1. The summed E-state index contributed by atoms with van der Waals surface area (Å²) < 4.78 is 26.3. The Bertz CT molecular complexity index is 828. The van der Waals surface area contributed by atoms with Crippen molar-refractivity contribution in [3.05, 3.63) is 29.3 Å². The van der Waals surface area contributed by atoms with E-state index >= 15 is 0 Å². The minimum atomic E-state index is -3.49. The molecule has 162 valence electrons. The van der Waals surface area contributed by atoms with Crippen molar-refractivity contribution >= 4 is 27.3 Å². The van der Waals surface area contributed by atoms with Crippen LogP contribution in [0.15, 0.2) is 29.2 Å². The van der Waals surface area contributed by atoms with E-state index in [-0.39, 0.29) is 28.5 Å². The third-order valence-corrected chi connectivity index (χ3v) is 8.70. The van der Waals surface area contributed by atoms with Gasteiger partial charge in [-0.3, -0.25) is 4.79 Å². The molecular weight excluding hydrogens is 410 g/mol. The van der Waals surface area contributed by atoms with Gasteiger partial charge >= 0.3 is 0 Å². The average Bonchev–Trinajstić information content (AvgIpc) is 3.00. The Kier molecular flexibility index (Phi) is 6.93. The lowest BCUT2D eigenvalue weighted by Gasteiger charge is -2.44. The van der Waals surface area contributed by atoms with Gasteiger partial charge in [0.15, 0.2) is 9.84 Å². The molecule has 3 rings (SSSR count). The SMILES string of the molecule is CC(C)N(C)[C@@H]1CC[C@H](N2CC[C@H](N)C2=O)[C@@H](CS(=O)(=O)c2ccc(Cl)cc2)C1. The highest BCUT2D eigenvalue weighted by molar-refractivity contribution is 7.91. The fourth-order valence-corrected chi connectivity index (χ4v) is 6.47. The zero-order valence-electron chi connectivity index (χ0n) is 17.4. The second-order valence-electron chi connectivity index (χ2n) is 8.72. The Labute approximate surface area is 179 Å². The van der Waals surface area contributed by atoms with E-state index in [1.165, 1.54) is 0 Å². The van der Waals surface area contributed by atoms with Crippen LogP contribution in [0.1, 0.15) is 39.5 Å². The normalized spacial score (nSPS) is 28.5. The molecule has 0 bridgehead atoms. The van der Waals surface area contributed by atoms with Gasteiger partial charge in [0.25, 0.3) is 0 Å². The van der Waals surface area contributed by atoms with Crippen molar-refractivity contribution in [3.63, 3.8) is 0 Å². The lowest BCUT2D eigenvalue weighted by atomic mass is 9.81. The average molecular weight is 442 g/mol. The zero-order valence-corrected chi connectivity index (χ0v) is 19.0. The maximum atomic E-state index is 13.1. The number of rotatable bonds is 6. The third-order valence-electron chi connectivity index (χ3n) is 6.59. The second kappa shape index (κ2) is 8.92. The van der Waals surface area contributed by atoms with Crippen molar-refractivity contribution in [2.75, 3.05) is 19.3 Å². The van der Waals surface area contributed by atoms with Crippen molar-refractivity contribution in [3.8, 4) is 0 Å². The summed E-state index contributed by atoms with van der Waals surface area (Å²) in [6.45, 7) is 4.91. The van der Waals surface area contributed by atoms with Crippen LogP contribution in [0.4, 0.5) is 0 Å². The van der Waals surface area contributed by atoms with E-state index in [0.717, 1.165) is 19.3 Å². The van der Waals surface area contributed by atoms with Gasteiger partial charge in [-0.25, -0.2) is 8.42 Å². The molecule has 0 spiro atoms. The minimum Gasteiger partial charge on any atom is -0.338 e. The molecule has 1 aromatic carbocycles. The number of halogens is 1. The van der Waals surface area contributed by atoms with E-state index < -0.39 is 15.9 Å². The van der Waals surface area contributed by atoms with Crippen molar-refractivity contribution in [2.45, 2.75) is 68.6 Å². The molecule has 1 saturated carbocycles. The first-order valence-corrected chi connectivity index (χ1v) is 12.4. The van der Waals surface area contributed by atoms with Crippen LogP contribution in [-0.2, 0) is 14.6 Å². The van der Waals surface area contributed by atoms with Gasteiger partial charge < -0.3 is 15.5 Å². The van der Waals surface area contributed by atoms with Crippen LogP contribution in [0, 0.1) is 5.92 Å². The van der Waals surface area contributed by atoms with Crippen LogP contribution in [0.2, 0.25) is 5.02 Å². The predicted molar refractivity (Wildman–Crippen MR) is 116 cm³/mol. The fourth-order valence-electron chi connectivity index (χ4n) is 4.68. The molecule has 8 heteroatoms. The number of benzene rings is 1. The minimum absolute atomic E-state index is 0.0285. The molecule has 2 N–H and O–H groups in total. The van der Waals surface area contributed by atoms with E-state index in [0.29, 0.717) is 30.1 Å². The topological polar surface area (TPSA) is 83.7 Å². The molecule has 1 heterocycles. The Morgan fingerprint density at radius 1 is 1.21 bits per heavy atom. The molecule has 4 atom stereocenters. The smallest absolute Gasteiger partial charge is 0.239 e. The maximum Gasteiger partial charge on any atom is 0.239 e. The molecule has 0 radical (unpaired) electrons. The van der Waals surface area contributed by atoms with E-state index in [2.05, 4.69) is 25.8 Å². The van der Waals surface area contributed by atoms with Crippen molar-refractivity contribution in [1.82, 2.24) is 9.80 Å². The van der Waals surface area contributed by atoms with Gasteiger partial charge in [-0.1, -0.05) is 11.6 Å². The molecular formula is C21H32ClN3O3S. The first kappa shape index (κ1) is 22.5. The predicted octanol–water partition coefficient (Wildman–Crippen LogP) is 2.55. The number of amides is 1. The molecule has 1 aliphatic carbocycles. The van der Waals surface area contributed by atoms with Crippen LogP contribution in [0.25, 0.3) is 0 Å². The number of sulfone groups is 1. The Hall–Kier alpha value is -1.15. The van der Waals surface area contributed by atoms with E-state index in [1.807, 2.05) is 4.90 Å². The van der Waals surface area contributed by atoms with E-state index in [1.54, 1.807) is 24.3 Å². The van der Waals surface area contributed by atoms with Gasteiger partial charge in [-0.05, 0) is 76.8 Å². The largest absolute Gasteiger partial charge is 0.338 e. The monoisotopic (exact) mass is 441 g/mol. The summed E-state index contributed by atoms with van der Waals surface area (Å²) in [5.74, 6) is -0.134. The number of carbonyl (C=O) groups is 1. The van der Waals surface area contributed by atoms with Crippen molar-refractivity contribution < 1.29 is 13.2 Å². The van der Waals surface area contributed by atoms with Gasteiger partial charge in [0.2, 0.25) is 5.91 Å². The molecule has 0 aromatic heterocycles. The van der Waals surface area contributed by atoms with Gasteiger partial charge in [0, 0.05) is 29.7 Å². The standard InChI is InChI=1S/C21H32ClN3O3S/c1-14(2)24(3)17-6-9-20(25-11-10-19(23)21(25)26)15(12-17)13-29(27,28)18-7-4-16(22)5-8-18/h4-5,7-8,14-15,17,19-20H,6,9-13,23H2,1-3H3/t15-,17-,19+,20+/m1/s1. The molecule has 6 nitrogen and oxygen atoms in total. The van der Waals surface area contributed by atoms with Gasteiger partial charge in [0.1, 0.15) is 0 Å². The highest BCUT2D eigenvalue weighted by Gasteiger charge is 2.43. The first-order valence-electron chi connectivity index (χ1n) is 10.4. The highest BCUT2D eigenvalue weighted by Crippen LogP contribution is 2.35. The van der Waals surface area contributed by atoms with E-state index in [4.69, 9.17) is 17.3 Å². The maximum absolute atomic E-state index is 13.1. The molecule has 2 aliphatic rings. The molecule has 1 aliphatic heterocycles. The van der Waals surface area contributed by atoms with Gasteiger partial charge in [-0.15, -0.1) is 0 Å². The first-order chi connectivity index (χ1) is 13.6. The molecule has 0 unspecified atom stereocenters. The van der Waals surface area contributed by atoms with Crippen molar-refractivity contribution in [2.24, 2.45) is 11.7 Å². The number of nitrogens with zero attached hydrogens (tertiary/aromatic N) is 2. The van der Waals surface area contributed by atoms with Crippen LogP contribution >= 0.6 is 11.6 Å². The Morgan fingerprint density at radius 3 is 2.41 bits per heavy atom. The van der Waals surface area contributed by atoms with Gasteiger partial charge in [-0.2, -0.15) is 0 Å². The van der Waals surface area contributed by atoms with Gasteiger partial charge in [0.05, 0.1) is 16.7 Å². The number of nitrogens with two attached hydrogens (primary N) is 1. The van der Waals surface area contributed by atoms with Crippen LogP contribution in [0.3, 0.4) is 0 Å². The number of hydrogen-bond acceptors (Lipinski definition) is 5. The molecule has 1 saturated heterocycles. The molecule has 29 heavy (non-hydrogen) atoms. The summed E-state index contributed by atoms with van der Waals surface area (Å²) in [6, 6.07) is 6.48. The Balaban J connectivity index is 1.85. The number of carbonyl (C=O) groups excluding carboxylic acids is 1. The van der Waals surface area contributed by atoms with Crippen molar-refractivity contribution in [1.29, 1.82) is 0 Å². The van der Waals surface area contributed by atoms with E-state index in [9.17, 15) is 13.2 Å². The summed E-state index contributed by atoms with van der Waals surface area (Å²) in [6.07, 6.45) is 3.16. The van der Waals surface area contributed by atoms with Crippen LogP contribution in [-0.4, -0.2) is 67.6 Å². The summed E-state index contributed by atoms with van der Waals surface area (Å²) in [5, 5.41) is 0.509.